The highest BCUT2D eigenvalue weighted by Gasteiger charge is 2.28. The van der Waals surface area contributed by atoms with Gasteiger partial charge in [0.05, 0.1) is 28.3 Å². The summed E-state index contributed by atoms with van der Waals surface area (Å²) in [6.45, 7) is 3.85. The number of benzene rings is 4. The van der Waals surface area contributed by atoms with Crippen molar-refractivity contribution < 1.29 is 13.6 Å². The lowest BCUT2D eigenvalue weighted by molar-refractivity contribution is 0.185. The van der Waals surface area contributed by atoms with E-state index in [1.807, 2.05) is 61.5 Å². The summed E-state index contributed by atoms with van der Waals surface area (Å²) in [6, 6.07) is 25.4. The van der Waals surface area contributed by atoms with E-state index in [0.29, 0.717) is 28.5 Å². The molecule has 1 unspecified atom stereocenters. The summed E-state index contributed by atoms with van der Waals surface area (Å²) in [4.78, 5) is 33.8. The minimum absolute atomic E-state index is 0.146. The van der Waals surface area contributed by atoms with Crippen LogP contribution in [0.15, 0.2) is 102 Å². The van der Waals surface area contributed by atoms with Gasteiger partial charge in [-0.25, -0.2) is 18.6 Å². The van der Waals surface area contributed by atoms with Crippen LogP contribution in [0.2, 0.25) is 0 Å². The number of amides is 2. The maximum absolute atomic E-state index is 14.4. The normalized spacial score (nSPS) is 11.8. The smallest absolute Gasteiger partial charge is 0.310 e. The molecule has 5 rings (SSSR count). The molecule has 0 bridgehead atoms. The Balaban J connectivity index is 1.65. The van der Waals surface area contributed by atoms with Crippen molar-refractivity contribution in [1.82, 2.24) is 14.5 Å². The molecule has 0 radical (unpaired) electrons. The van der Waals surface area contributed by atoms with Gasteiger partial charge in [-0.2, -0.15) is 0 Å². The Morgan fingerprint density at radius 3 is 2.44 bits per heavy atom. The fourth-order valence-electron chi connectivity index (χ4n) is 4.53. The highest BCUT2D eigenvalue weighted by Crippen LogP contribution is 2.26. The quantitative estimate of drug-likeness (QED) is 0.267. The van der Waals surface area contributed by atoms with Crippen molar-refractivity contribution in [2.75, 3.05) is 5.32 Å². The van der Waals surface area contributed by atoms with Gasteiger partial charge in [-0.3, -0.25) is 9.36 Å². The van der Waals surface area contributed by atoms with E-state index in [2.05, 4.69) is 5.32 Å². The van der Waals surface area contributed by atoms with E-state index in [1.165, 1.54) is 15.5 Å². The number of fused-ring (bicyclic) bond motifs is 1. The molecule has 0 saturated carbocycles. The van der Waals surface area contributed by atoms with Gasteiger partial charge in [0.1, 0.15) is 17.5 Å². The number of anilines is 1. The van der Waals surface area contributed by atoms with Gasteiger partial charge in [0.25, 0.3) is 5.56 Å². The van der Waals surface area contributed by atoms with Gasteiger partial charge in [-0.1, -0.05) is 54.6 Å². The van der Waals surface area contributed by atoms with Crippen molar-refractivity contribution in [2.24, 2.45) is 0 Å². The first-order chi connectivity index (χ1) is 18.8. The van der Waals surface area contributed by atoms with Crippen LogP contribution in [0.5, 0.6) is 0 Å². The van der Waals surface area contributed by atoms with Crippen LogP contribution < -0.4 is 10.9 Å². The Morgan fingerprint density at radius 2 is 1.69 bits per heavy atom. The zero-order chi connectivity index (χ0) is 27.5. The molecule has 0 aliphatic carbocycles. The summed E-state index contributed by atoms with van der Waals surface area (Å²) in [5.41, 5.74) is 2.47. The molecule has 39 heavy (non-hydrogen) atoms. The predicted molar refractivity (Wildman–Crippen MR) is 148 cm³/mol. The first kappa shape index (κ1) is 25.8. The number of urea groups is 1. The van der Waals surface area contributed by atoms with Crippen LogP contribution >= 0.6 is 0 Å². The molecular weight excluding hydrogens is 498 g/mol. The molecule has 0 aliphatic heterocycles. The van der Waals surface area contributed by atoms with Crippen LogP contribution in [0.4, 0.5) is 19.3 Å². The number of aromatic nitrogens is 2. The lowest BCUT2D eigenvalue weighted by atomic mass is 10.1. The molecule has 196 valence electrons. The second kappa shape index (κ2) is 10.9. The molecule has 5 aromatic rings. The predicted octanol–water partition coefficient (Wildman–Crippen LogP) is 6.77. The molecule has 0 spiro atoms. The lowest BCUT2D eigenvalue weighted by Crippen LogP contribution is -2.39. The second-order valence-corrected chi connectivity index (χ2v) is 9.31. The highest BCUT2D eigenvalue weighted by atomic mass is 19.1. The Morgan fingerprint density at radius 1 is 0.949 bits per heavy atom. The summed E-state index contributed by atoms with van der Waals surface area (Å²) in [7, 11) is 0. The van der Waals surface area contributed by atoms with Crippen molar-refractivity contribution in [3.05, 3.63) is 136 Å². The molecule has 1 heterocycles. The number of halogens is 2. The molecule has 4 aromatic carbocycles. The summed E-state index contributed by atoms with van der Waals surface area (Å²) in [6.07, 6.45) is 0. The van der Waals surface area contributed by atoms with Gasteiger partial charge < -0.3 is 10.2 Å². The molecule has 1 aromatic heterocycles. The van der Waals surface area contributed by atoms with E-state index in [9.17, 15) is 18.4 Å². The Kier molecular flexibility index (Phi) is 7.19. The summed E-state index contributed by atoms with van der Waals surface area (Å²) >= 11 is 0. The average molecular weight is 525 g/mol. The SMILES string of the molecule is Cc1cccc(-n2c(C(C)N(Cc3ccccc3)C(=O)Nc3ccc(F)cc3F)nc3ccccc3c2=O)c1. The molecule has 0 aliphatic rings. The maximum Gasteiger partial charge on any atom is 0.322 e. The van der Waals surface area contributed by atoms with Crippen molar-refractivity contribution in [1.29, 1.82) is 0 Å². The molecule has 1 N–H and O–H groups in total. The van der Waals surface area contributed by atoms with E-state index in [1.54, 1.807) is 31.2 Å². The average Bonchev–Trinajstić information content (AvgIpc) is 2.93. The Hall–Kier alpha value is -4.85. The Labute approximate surface area is 224 Å². The number of aryl methyl sites for hydroxylation is 1. The molecule has 0 fully saturated rings. The third kappa shape index (κ3) is 5.40. The zero-order valence-electron chi connectivity index (χ0n) is 21.4. The number of carbonyl (C=O) groups is 1. The molecule has 0 saturated heterocycles. The standard InChI is InChI=1S/C31H26F2N4O2/c1-20-9-8-12-24(17-20)37-29(34-27-14-7-6-13-25(27)30(37)38)21(2)36(19-22-10-4-3-5-11-22)31(39)35-28-16-15-23(32)18-26(28)33/h3-18,21H,19H2,1-2H3,(H,35,39). The minimum Gasteiger partial charge on any atom is -0.310 e. The number of para-hydroxylation sites is 1. The number of nitrogens with zero attached hydrogens (tertiary/aromatic N) is 3. The van der Waals surface area contributed by atoms with E-state index in [0.717, 1.165) is 17.2 Å². The third-order valence-corrected chi connectivity index (χ3v) is 6.53. The summed E-state index contributed by atoms with van der Waals surface area (Å²) in [5, 5.41) is 3.01. The number of hydrogen-bond acceptors (Lipinski definition) is 3. The van der Waals surface area contributed by atoms with Gasteiger partial charge in [-0.15, -0.1) is 0 Å². The molecule has 6 nitrogen and oxygen atoms in total. The van der Waals surface area contributed by atoms with Gasteiger partial charge in [-0.05, 0) is 61.4 Å². The van der Waals surface area contributed by atoms with E-state index < -0.39 is 23.7 Å². The fraction of sp³-hybridized carbons (Fsp3) is 0.129. The monoisotopic (exact) mass is 524 g/mol. The second-order valence-electron chi connectivity index (χ2n) is 9.31. The maximum atomic E-state index is 14.4. The van der Waals surface area contributed by atoms with Gasteiger partial charge >= 0.3 is 6.03 Å². The molecule has 2 amide bonds. The largest absolute Gasteiger partial charge is 0.322 e. The van der Waals surface area contributed by atoms with Gasteiger partial charge in [0.15, 0.2) is 0 Å². The van der Waals surface area contributed by atoms with E-state index >= 15 is 0 Å². The molecule has 1 atom stereocenters. The fourth-order valence-corrected chi connectivity index (χ4v) is 4.53. The van der Waals surface area contributed by atoms with E-state index in [4.69, 9.17) is 4.98 Å². The van der Waals surface area contributed by atoms with Crippen LogP contribution in [0.3, 0.4) is 0 Å². The van der Waals surface area contributed by atoms with Gasteiger partial charge in [0.2, 0.25) is 0 Å². The molecule has 8 heteroatoms. The van der Waals surface area contributed by atoms with Crippen molar-refractivity contribution in [3.8, 4) is 5.69 Å². The number of rotatable bonds is 6. The van der Waals surface area contributed by atoms with Crippen LogP contribution in [-0.4, -0.2) is 20.5 Å². The minimum atomic E-state index is -0.892. The van der Waals surface area contributed by atoms with Crippen molar-refractivity contribution >= 4 is 22.6 Å². The first-order valence-corrected chi connectivity index (χ1v) is 12.5. The first-order valence-electron chi connectivity index (χ1n) is 12.5. The van der Waals surface area contributed by atoms with E-state index in [-0.39, 0.29) is 17.8 Å². The summed E-state index contributed by atoms with van der Waals surface area (Å²) < 4.78 is 29.4. The highest BCUT2D eigenvalue weighted by molar-refractivity contribution is 5.89. The van der Waals surface area contributed by atoms with Crippen molar-refractivity contribution in [3.63, 3.8) is 0 Å². The Bertz CT molecular complexity index is 1720. The third-order valence-electron chi connectivity index (χ3n) is 6.53. The van der Waals surface area contributed by atoms with Crippen LogP contribution in [-0.2, 0) is 6.54 Å². The topological polar surface area (TPSA) is 67.2 Å². The lowest BCUT2D eigenvalue weighted by Gasteiger charge is -2.31. The van der Waals surface area contributed by atoms with Crippen LogP contribution in [0.1, 0.15) is 29.9 Å². The van der Waals surface area contributed by atoms with Crippen LogP contribution in [0.25, 0.3) is 16.6 Å². The van der Waals surface area contributed by atoms with Gasteiger partial charge in [0, 0.05) is 12.6 Å². The number of nitrogens with one attached hydrogen (secondary N) is 1. The molecular formula is C31H26F2N4O2. The van der Waals surface area contributed by atoms with Crippen molar-refractivity contribution in [2.45, 2.75) is 26.4 Å². The number of hydrogen-bond donors (Lipinski definition) is 1. The van der Waals surface area contributed by atoms with Crippen LogP contribution in [0, 0.1) is 18.6 Å². The summed E-state index contributed by atoms with van der Waals surface area (Å²) in [5.74, 6) is -1.30. The zero-order valence-corrected chi connectivity index (χ0v) is 21.4. The number of carbonyl (C=O) groups excluding carboxylic acids is 1.